The second kappa shape index (κ2) is 4.69. The van der Waals surface area contributed by atoms with E-state index in [0.29, 0.717) is 0 Å². The average molecular weight is 209 g/mol. The van der Waals surface area contributed by atoms with Crippen molar-refractivity contribution in [3.8, 4) is 0 Å². The lowest BCUT2D eigenvalue weighted by Crippen LogP contribution is -2.31. The Labute approximate surface area is 90.8 Å². The maximum Gasteiger partial charge on any atom is 0.306 e. The van der Waals surface area contributed by atoms with Gasteiger partial charge in [-0.3, -0.25) is 4.79 Å². The summed E-state index contributed by atoms with van der Waals surface area (Å²) in [7, 11) is 0. The van der Waals surface area contributed by atoms with Crippen molar-refractivity contribution < 1.29 is 9.90 Å². The van der Waals surface area contributed by atoms with Crippen LogP contribution in [0.2, 0.25) is 0 Å². The molecule has 0 radical (unpaired) electrons. The Kier molecular flexibility index (Phi) is 3.29. The van der Waals surface area contributed by atoms with Crippen LogP contribution in [0.4, 0.5) is 0 Å². The summed E-state index contributed by atoms with van der Waals surface area (Å²) >= 11 is 0. The van der Waals surface area contributed by atoms with Gasteiger partial charge in [-0.25, -0.2) is 0 Å². The highest BCUT2D eigenvalue weighted by molar-refractivity contribution is 5.70. The van der Waals surface area contributed by atoms with Gasteiger partial charge < -0.3 is 10.0 Å². The molecule has 1 heterocycles. The number of carbonyl (C=O) groups is 1. The van der Waals surface area contributed by atoms with E-state index in [1.165, 1.54) is 38.0 Å². The second-order valence-corrected chi connectivity index (χ2v) is 4.55. The SMILES string of the molecule is O=C(O)C1CC=C(N2CCCCC2)CC1. The third-order valence-corrected chi connectivity index (χ3v) is 3.50. The number of hydrogen-bond donors (Lipinski definition) is 1. The van der Waals surface area contributed by atoms with Crippen LogP contribution < -0.4 is 0 Å². The van der Waals surface area contributed by atoms with Crippen molar-refractivity contribution >= 4 is 5.97 Å². The first-order chi connectivity index (χ1) is 7.27. The first kappa shape index (κ1) is 10.5. The number of carboxylic acid groups (broad SMARTS) is 1. The Morgan fingerprint density at radius 3 is 2.60 bits per heavy atom. The molecule has 0 amide bonds. The quantitative estimate of drug-likeness (QED) is 0.758. The molecule has 84 valence electrons. The van der Waals surface area contributed by atoms with Crippen LogP contribution in [0.1, 0.15) is 38.5 Å². The van der Waals surface area contributed by atoms with Crippen LogP contribution in [0.25, 0.3) is 0 Å². The number of rotatable bonds is 2. The monoisotopic (exact) mass is 209 g/mol. The summed E-state index contributed by atoms with van der Waals surface area (Å²) in [5.41, 5.74) is 1.40. The zero-order valence-electron chi connectivity index (χ0n) is 9.11. The number of piperidine rings is 1. The lowest BCUT2D eigenvalue weighted by atomic mass is 9.91. The Morgan fingerprint density at radius 1 is 1.33 bits per heavy atom. The highest BCUT2D eigenvalue weighted by Gasteiger charge is 2.23. The molecule has 0 aromatic heterocycles. The summed E-state index contributed by atoms with van der Waals surface area (Å²) in [6.45, 7) is 2.34. The molecule has 3 heteroatoms. The summed E-state index contributed by atoms with van der Waals surface area (Å²) in [6, 6.07) is 0. The van der Waals surface area contributed by atoms with Crippen LogP contribution in [0.3, 0.4) is 0 Å². The number of carboxylic acids is 1. The fourth-order valence-electron chi connectivity index (χ4n) is 2.51. The Hall–Kier alpha value is -0.990. The van der Waals surface area contributed by atoms with Gasteiger partial charge in [0.2, 0.25) is 0 Å². The molecular weight excluding hydrogens is 190 g/mol. The smallest absolute Gasteiger partial charge is 0.306 e. The zero-order chi connectivity index (χ0) is 10.7. The van der Waals surface area contributed by atoms with Crippen molar-refractivity contribution in [1.29, 1.82) is 0 Å². The van der Waals surface area contributed by atoms with Gasteiger partial charge in [-0.15, -0.1) is 0 Å². The molecular formula is C12H19NO2. The molecule has 1 N–H and O–H groups in total. The molecule has 2 rings (SSSR count). The van der Waals surface area contributed by atoms with Crippen LogP contribution in [-0.4, -0.2) is 29.1 Å². The maximum atomic E-state index is 10.8. The topological polar surface area (TPSA) is 40.5 Å². The van der Waals surface area contributed by atoms with E-state index in [1.807, 2.05) is 0 Å². The average Bonchev–Trinajstić information content (AvgIpc) is 2.30. The number of hydrogen-bond acceptors (Lipinski definition) is 2. The highest BCUT2D eigenvalue weighted by Crippen LogP contribution is 2.27. The minimum Gasteiger partial charge on any atom is -0.481 e. The predicted molar refractivity (Wildman–Crippen MR) is 58.5 cm³/mol. The molecule has 1 fully saturated rings. The van der Waals surface area contributed by atoms with Crippen LogP contribution in [0.15, 0.2) is 11.8 Å². The number of likely N-dealkylation sites (tertiary alicyclic amines) is 1. The van der Waals surface area contributed by atoms with Gasteiger partial charge in [0.15, 0.2) is 0 Å². The van der Waals surface area contributed by atoms with Crippen LogP contribution in [-0.2, 0) is 4.79 Å². The van der Waals surface area contributed by atoms with Gasteiger partial charge in [-0.2, -0.15) is 0 Å². The third-order valence-electron chi connectivity index (χ3n) is 3.50. The standard InChI is InChI=1S/C12H19NO2/c14-12(15)10-4-6-11(7-5-10)13-8-2-1-3-9-13/h6,10H,1-5,7-9H2,(H,14,15). The minimum absolute atomic E-state index is 0.140. The number of nitrogens with zero attached hydrogens (tertiary/aromatic N) is 1. The van der Waals surface area contributed by atoms with Gasteiger partial charge in [0.25, 0.3) is 0 Å². The van der Waals surface area contributed by atoms with Gasteiger partial charge in [0.1, 0.15) is 0 Å². The van der Waals surface area contributed by atoms with E-state index >= 15 is 0 Å². The summed E-state index contributed by atoms with van der Waals surface area (Å²) in [4.78, 5) is 13.2. The number of allylic oxidation sites excluding steroid dienone is 2. The lowest BCUT2D eigenvalue weighted by molar-refractivity contribution is -0.142. The van der Waals surface area contributed by atoms with E-state index < -0.39 is 5.97 Å². The Bertz CT molecular complexity index is 267. The molecule has 0 aromatic carbocycles. The Morgan fingerprint density at radius 2 is 2.07 bits per heavy atom. The molecule has 1 atom stereocenters. The van der Waals surface area contributed by atoms with Crippen molar-refractivity contribution in [3.63, 3.8) is 0 Å². The fraction of sp³-hybridized carbons (Fsp3) is 0.750. The van der Waals surface area contributed by atoms with E-state index in [9.17, 15) is 4.79 Å². The third kappa shape index (κ3) is 2.52. The first-order valence-electron chi connectivity index (χ1n) is 5.94. The molecule has 0 spiro atoms. The molecule has 3 nitrogen and oxygen atoms in total. The maximum absolute atomic E-state index is 10.8. The zero-order valence-corrected chi connectivity index (χ0v) is 9.11. The van der Waals surface area contributed by atoms with E-state index in [-0.39, 0.29) is 5.92 Å². The predicted octanol–water partition coefficient (Wildman–Crippen LogP) is 2.24. The summed E-state index contributed by atoms with van der Waals surface area (Å²) in [6.07, 6.45) is 8.57. The summed E-state index contributed by atoms with van der Waals surface area (Å²) in [5, 5.41) is 8.89. The molecule has 0 saturated carbocycles. The van der Waals surface area contributed by atoms with E-state index in [1.54, 1.807) is 0 Å². The normalized spacial score (nSPS) is 27.3. The molecule has 2 aliphatic rings. The molecule has 15 heavy (non-hydrogen) atoms. The van der Waals surface area contributed by atoms with Crippen molar-refractivity contribution in [3.05, 3.63) is 11.8 Å². The van der Waals surface area contributed by atoms with E-state index in [0.717, 1.165) is 19.3 Å². The van der Waals surface area contributed by atoms with Gasteiger partial charge in [0.05, 0.1) is 5.92 Å². The second-order valence-electron chi connectivity index (χ2n) is 4.55. The largest absolute Gasteiger partial charge is 0.481 e. The van der Waals surface area contributed by atoms with E-state index in [2.05, 4.69) is 11.0 Å². The lowest BCUT2D eigenvalue weighted by Gasteiger charge is -2.33. The summed E-state index contributed by atoms with van der Waals surface area (Å²) < 4.78 is 0. The molecule has 0 bridgehead atoms. The number of aliphatic carboxylic acids is 1. The molecule has 1 unspecified atom stereocenters. The Balaban J connectivity index is 1.91. The van der Waals surface area contributed by atoms with E-state index in [4.69, 9.17) is 5.11 Å². The fourth-order valence-corrected chi connectivity index (χ4v) is 2.51. The van der Waals surface area contributed by atoms with Crippen molar-refractivity contribution in [1.82, 2.24) is 4.90 Å². The van der Waals surface area contributed by atoms with Gasteiger partial charge in [0, 0.05) is 18.8 Å². The van der Waals surface area contributed by atoms with Crippen LogP contribution in [0.5, 0.6) is 0 Å². The van der Waals surface area contributed by atoms with Crippen molar-refractivity contribution in [2.45, 2.75) is 38.5 Å². The molecule has 1 saturated heterocycles. The van der Waals surface area contributed by atoms with Crippen molar-refractivity contribution in [2.24, 2.45) is 5.92 Å². The first-order valence-corrected chi connectivity index (χ1v) is 5.94. The van der Waals surface area contributed by atoms with Crippen LogP contribution in [0, 0.1) is 5.92 Å². The van der Waals surface area contributed by atoms with Gasteiger partial charge in [-0.1, -0.05) is 6.08 Å². The van der Waals surface area contributed by atoms with Gasteiger partial charge in [-0.05, 0) is 38.5 Å². The summed E-state index contributed by atoms with van der Waals surface area (Å²) in [5.74, 6) is -0.775. The molecule has 0 aromatic rings. The van der Waals surface area contributed by atoms with Crippen LogP contribution >= 0.6 is 0 Å². The molecule has 1 aliphatic heterocycles. The van der Waals surface area contributed by atoms with Crippen molar-refractivity contribution in [2.75, 3.05) is 13.1 Å². The van der Waals surface area contributed by atoms with Gasteiger partial charge >= 0.3 is 5.97 Å². The molecule has 1 aliphatic carbocycles. The highest BCUT2D eigenvalue weighted by atomic mass is 16.4. The minimum atomic E-state index is -0.635.